The fourth-order valence-corrected chi connectivity index (χ4v) is 3.60. The lowest BCUT2D eigenvalue weighted by Crippen LogP contribution is -2.35. The van der Waals surface area contributed by atoms with Gasteiger partial charge in [0.1, 0.15) is 5.82 Å². The van der Waals surface area contributed by atoms with Crippen LogP contribution < -0.4 is 16.0 Å². The molecule has 1 aliphatic carbocycles. The summed E-state index contributed by atoms with van der Waals surface area (Å²) < 4.78 is 0. The molecule has 0 spiro atoms. The molecule has 2 aromatic rings. The Morgan fingerprint density at radius 3 is 2.76 bits per heavy atom. The maximum absolute atomic E-state index is 5.97. The van der Waals surface area contributed by atoms with Crippen LogP contribution in [-0.4, -0.2) is 40.6 Å². The molecular formula is C19H26N6. The second-order valence-corrected chi connectivity index (χ2v) is 7.14. The van der Waals surface area contributed by atoms with E-state index in [4.69, 9.17) is 15.7 Å². The van der Waals surface area contributed by atoms with E-state index < -0.39 is 0 Å². The van der Waals surface area contributed by atoms with E-state index in [1.165, 1.54) is 18.4 Å². The van der Waals surface area contributed by atoms with Gasteiger partial charge < -0.3 is 16.0 Å². The van der Waals surface area contributed by atoms with E-state index >= 15 is 0 Å². The lowest BCUT2D eigenvalue weighted by Gasteiger charge is -2.32. The average molecular weight is 338 g/mol. The number of hydrogen-bond acceptors (Lipinski definition) is 6. The molecule has 0 bridgehead atoms. The highest BCUT2D eigenvalue weighted by Crippen LogP contribution is 2.36. The summed E-state index contributed by atoms with van der Waals surface area (Å²) in [6.07, 6.45) is 9.17. The minimum absolute atomic E-state index is 0.331. The van der Waals surface area contributed by atoms with Gasteiger partial charge >= 0.3 is 0 Å². The van der Waals surface area contributed by atoms with Crippen molar-refractivity contribution in [1.82, 2.24) is 15.0 Å². The average Bonchev–Trinajstić information content (AvgIpc) is 3.14. The van der Waals surface area contributed by atoms with Crippen LogP contribution in [0, 0.1) is 0 Å². The number of nitrogens with one attached hydrogen (secondary N) is 1. The first kappa shape index (κ1) is 16.3. The zero-order valence-corrected chi connectivity index (χ0v) is 14.6. The number of nitrogens with two attached hydrogens (primary N) is 1. The summed E-state index contributed by atoms with van der Waals surface area (Å²) in [7, 11) is 0. The van der Waals surface area contributed by atoms with Gasteiger partial charge in [-0.3, -0.25) is 4.98 Å². The third kappa shape index (κ3) is 3.90. The third-order valence-corrected chi connectivity index (χ3v) is 5.16. The van der Waals surface area contributed by atoms with E-state index in [1.54, 1.807) is 6.20 Å². The molecule has 132 valence electrons. The molecule has 0 amide bonds. The first-order valence-electron chi connectivity index (χ1n) is 9.30. The van der Waals surface area contributed by atoms with Crippen LogP contribution in [0.2, 0.25) is 0 Å². The molecule has 3 N–H and O–H groups in total. The molecule has 3 heterocycles. The first-order valence-corrected chi connectivity index (χ1v) is 9.30. The molecule has 0 atom stereocenters. The molecule has 2 fully saturated rings. The first-order chi connectivity index (χ1) is 12.3. The van der Waals surface area contributed by atoms with Gasteiger partial charge in [0, 0.05) is 50.1 Å². The van der Waals surface area contributed by atoms with Crippen molar-refractivity contribution in [2.75, 3.05) is 29.9 Å². The van der Waals surface area contributed by atoms with Crippen molar-refractivity contribution in [3.63, 3.8) is 0 Å². The molecule has 1 saturated heterocycles. The smallest absolute Gasteiger partial charge is 0.227 e. The van der Waals surface area contributed by atoms with Gasteiger partial charge in [0.05, 0.1) is 5.69 Å². The summed E-state index contributed by atoms with van der Waals surface area (Å²) in [5.74, 6) is 2.29. The Balaban J connectivity index is 1.47. The highest BCUT2D eigenvalue weighted by molar-refractivity contribution is 5.45. The van der Waals surface area contributed by atoms with Gasteiger partial charge in [0.15, 0.2) is 0 Å². The van der Waals surface area contributed by atoms with Crippen molar-refractivity contribution in [1.29, 1.82) is 0 Å². The maximum atomic E-state index is 5.97. The van der Waals surface area contributed by atoms with Crippen LogP contribution in [0.25, 0.3) is 0 Å². The van der Waals surface area contributed by atoms with Gasteiger partial charge in [-0.1, -0.05) is 6.07 Å². The molecule has 6 nitrogen and oxygen atoms in total. The highest BCUT2D eigenvalue weighted by atomic mass is 15.3. The summed E-state index contributed by atoms with van der Waals surface area (Å²) in [6, 6.07) is 6.52. The molecule has 1 saturated carbocycles. The predicted octanol–water partition coefficient (Wildman–Crippen LogP) is 2.33. The summed E-state index contributed by atoms with van der Waals surface area (Å²) in [4.78, 5) is 16.1. The molecule has 25 heavy (non-hydrogen) atoms. The number of nitrogens with zero attached hydrogens (tertiary/aromatic N) is 4. The standard InChI is InChI=1S/C19H26N6/c20-16-10-15(11-16)17-12-18(22-7-5-14-4-3-6-21-13-14)24-19(23-17)25-8-1-2-9-25/h3-4,6,12-13,15-16H,1-2,5,7-11,20H2,(H,22,23,24). The molecule has 6 heteroatoms. The summed E-state index contributed by atoms with van der Waals surface area (Å²) in [5, 5.41) is 3.47. The Labute approximate surface area is 148 Å². The minimum atomic E-state index is 0.331. The van der Waals surface area contributed by atoms with Crippen LogP contribution in [-0.2, 0) is 6.42 Å². The van der Waals surface area contributed by atoms with Crippen molar-refractivity contribution in [3.8, 4) is 0 Å². The van der Waals surface area contributed by atoms with Crippen molar-refractivity contribution >= 4 is 11.8 Å². The highest BCUT2D eigenvalue weighted by Gasteiger charge is 2.30. The van der Waals surface area contributed by atoms with Gasteiger partial charge in [-0.25, -0.2) is 4.98 Å². The lowest BCUT2D eigenvalue weighted by molar-refractivity contribution is 0.345. The molecule has 0 aromatic carbocycles. The summed E-state index contributed by atoms with van der Waals surface area (Å²) in [6.45, 7) is 2.96. The van der Waals surface area contributed by atoms with Crippen LogP contribution in [0.5, 0.6) is 0 Å². The third-order valence-electron chi connectivity index (χ3n) is 5.16. The fraction of sp³-hybridized carbons (Fsp3) is 0.526. The zero-order chi connectivity index (χ0) is 17.1. The Bertz CT molecular complexity index is 692. The van der Waals surface area contributed by atoms with Crippen molar-refractivity contribution in [3.05, 3.63) is 41.9 Å². The molecule has 1 aliphatic heterocycles. The van der Waals surface area contributed by atoms with Crippen LogP contribution in [0.15, 0.2) is 30.6 Å². The van der Waals surface area contributed by atoms with E-state index in [-0.39, 0.29) is 0 Å². The number of aromatic nitrogens is 3. The maximum Gasteiger partial charge on any atom is 0.227 e. The van der Waals surface area contributed by atoms with Crippen LogP contribution in [0.4, 0.5) is 11.8 Å². The van der Waals surface area contributed by atoms with Gasteiger partial charge in [-0.15, -0.1) is 0 Å². The van der Waals surface area contributed by atoms with Gasteiger partial charge in [-0.05, 0) is 43.7 Å². The summed E-state index contributed by atoms with van der Waals surface area (Å²) >= 11 is 0. The van der Waals surface area contributed by atoms with E-state index in [2.05, 4.69) is 27.3 Å². The lowest BCUT2D eigenvalue weighted by atomic mass is 9.78. The minimum Gasteiger partial charge on any atom is -0.370 e. The molecule has 0 unspecified atom stereocenters. The SMILES string of the molecule is NC1CC(c2cc(NCCc3cccnc3)nc(N3CCCC3)n2)C1. The van der Waals surface area contributed by atoms with Gasteiger partial charge in [0.25, 0.3) is 0 Å². The van der Waals surface area contributed by atoms with Crippen molar-refractivity contribution in [2.24, 2.45) is 5.73 Å². The molecule has 2 aromatic heterocycles. The van der Waals surface area contributed by atoms with Crippen LogP contribution in [0.3, 0.4) is 0 Å². The Morgan fingerprint density at radius 1 is 1.20 bits per heavy atom. The number of anilines is 2. The van der Waals surface area contributed by atoms with E-state index in [0.29, 0.717) is 12.0 Å². The van der Waals surface area contributed by atoms with E-state index in [0.717, 1.165) is 56.4 Å². The molecular weight excluding hydrogens is 312 g/mol. The Kier molecular flexibility index (Phi) is 4.78. The van der Waals surface area contributed by atoms with Crippen LogP contribution in [0.1, 0.15) is 42.9 Å². The Hall–Kier alpha value is -2.21. The normalized spacial score (nSPS) is 22.7. The van der Waals surface area contributed by atoms with E-state index in [1.807, 2.05) is 12.3 Å². The van der Waals surface area contributed by atoms with Crippen molar-refractivity contribution < 1.29 is 0 Å². The molecule has 4 rings (SSSR count). The van der Waals surface area contributed by atoms with Crippen LogP contribution >= 0.6 is 0 Å². The Morgan fingerprint density at radius 2 is 2.04 bits per heavy atom. The zero-order valence-electron chi connectivity index (χ0n) is 14.6. The quantitative estimate of drug-likeness (QED) is 0.841. The fourth-order valence-electron chi connectivity index (χ4n) is 3.60. The predicted molar refractivity (Wildman–Crippen MR) is 99.9 cm³/mol. The monoisotopic (exact) mass is 338 g/mol. The second kappa shape index (κ2) is 7.35. The largest absolute Gasteiger partial charge is 0.370 e. The van der Waals surface area contributed by atoms with E-state index in [9.17, 15) is 0 Å². The summed E-state index contributed by atoms with van der Waals surface area (Å²) in [5.41, 5.74) is 8.35. The topological polar surface area (TPSA) is 80.0 Å². The number of rotatable bonds is 6. The molecule has 0 radical (unpaired) electrons. The number of hydrogen-bond donors (Lipinski definition) is 2. The number of pyridine rings is 1. The van der Waals surface area contributed by atoms with Crippen molar-refractivity contribution in [2.45, 2.75) is 44.1 Å². The molecule has 2 aliphatic rings. The second-order valence-electron chi connectivity index (χ2n) is 7.14. The van der Waals surface area contributed by atoms with Gasteiger partial charge in [0.2, 0.25) is 5.95 Å². The van der Waals surface area contributed by atoms with Gasteiger partial charge in [-0.2, -0.15) is 4.98 Å².